The number of nitrogens with zero attached hydrogens (tertiary/aromatic N) is 3. The van der Waals surface area contributed by atoms with Crippen LogP contribution in [0.1, 0.15) is 24.0 Å². The lowest BCUT2D eigenvalue weighted by molar-refractivity contribution is -0.137. The highest BCUT2D eigenvalue weighted by Gasteiger charge is 2.31. The van der Waals surface area contributed by atoms with E-state index in [1.165, 1.54) is 6.07 Å². The van der Waals surface area contributed by atoms with Crippen molar-refractivity contribution < 1.29 is 27.4 Å². The number of hydrogen-bond donors (Lipinski definition) is 2. The number of pyridine rings is 2. The zero-order chi connectivity index (χ0) is 23.0. The molecule has 0 atom stereocenters. The average molecular weight is 453 g/mol. The molecule has 3 heterocycles. The molecule has 2 aromatic rings. The van der Waals surface area contributed by atoms with Crippen LogP contribution in [0.25, 0.3) is 0 Å². The van der Waals surface area contributed by atoms with Gasteiger partial charge in [0.15, 0.2) is 0 Å². The quantitative estimate of drug-likeness (QED) is 0.598. The minimum Gasteiger partial charge on any atom is -0.475 e. The van der Waals surface area contributed by atoms with Crippen LogP contribution < -0.4 is 20.3 Å². The minimum atomic E-state index is -4.40. The number of amides is 2. The molecular weight excluding hydrogens is 427 g/mol. The first-order valence-electron chi connectivity index (χ1n) is 10.2. The third kappa shape index (κ3) is 6.98. The van der Waals surface area contributed by atoms with E-state index in [-0.39, 0.29) is 12.1 Å². The highest BCUT2D eigenvalue weighted by atomic mass is 19.4. The highest BCUT2D eigenvalue weighted by Crippen LogP contribution is 2.29. The molecule has 8 nitrogen and oxygen atoms in total. The Balaban J connectivity index is 1.38. The Labute approximate surface area is 184 Å². The number of piperidine rings is 1. The number of alkyl halides is 3. The molecule has 1 fully saturated rings. The van der Waals surface area contributed by atoms with Gasteiger partial charge in [-0.3, -0.25) is 0 Å². The van der Waals surface area contributed by atoms with Gasteiger partial charge in [-0.05, 0) is 30.5 Å². The Morgan fingerprint density at radius 1 is 1.12 bits per heavy atom. The molecule has 0 unspecified atom stereocenters. The summed E-state index contributed by atoms with van der Waals surface area (Å²) in [5, 5.41) is 5.73. The van der Waals surface area contributed by atoms with E-state index in [0.29, 0.717) is 57.4 Å². The van der Waals surface area contributed by atoms with E-state index < -0.39 is 11.7 Å². The summed E-state index contributed by atoms with van der Waals surface area (Å²) in [5.41, 5.74) is 0.0698. The van der Waals surface area contributed by atoms with Crippen molar-refractivity contribution in [1.29, 1.82) is 0 Å². The first kappa shape index (κ1) is 23.6. The number of rotatable bonds is 8. The third-order valence-electron chi connectivity index (χ3n) is 5.02. The summed E-state index contributed by atoms with van der Waals surface area (Å²) < 4.78 is 48.3. The van der Waals surface area contributed by atoms with Gasteiger partial charge in [0.2, 0.25) is 5.88 Å². The molecule has 3 rings (SSSR count). The molecule has 0 saturated carbocycles. The number of carbonyl (C=O) groups is 1. The maximum atomic E-state index is 12.7. The molecule has 1 aliphatic heterocycles. The van der Waals surface area contributed by atoms with Gasteiger partial charge in [0.25, 0.3) is 0 Å². The summed E-state index contributed by atoms with van der Waals surface area (Å²) in [5.74, 6) is 0.993. The van der Waals surface area contributed by atoms with Gasteiger partial charge in [-0.25, -0.2) is 14.8 Å². The van der Waals surface area contributed by atoms with E-state index in [4.69, 9.17) is 9.47 Å². The van der Waals surface area contributed by atoms with Crippen LogP contribution in [-0.4, -0.2) is 55.5 Å². The summed E-state index contributed by atoms with van der Waals surface area (Å²) in [4.78, 5) is 22.2. The fraction of sp³-hybridized carbons (Fsp3) is 0.476. The highest BCUT2D eigenvalue weighted by molar-refractivity contribution is 5.74. The number of aromatic nitrogens is 2. The van der Waals surface area contributed by atoms with Crippen molar-refractivity contribution in [3.8, 4) is 5.88 Å². The van der Waals surface area contributed by atoms with Crippen molar-refractivity contribution in [1.82, 2.24) is 20.6 Å². The molecule has 0 bridgehead atoms. The summed E-state index contributed by atoms with van der Waals surface area (Å²) in [6.07, 6.45) is -0.569. The summed E-state index contributed by atoms with van der Waals surface area (Å²) in [6.45, 7) is 2.41. The standard InChI is InChI=1S/C21H26F3N5O3/c1-31-10-11-32-19-5-2-15(12-26-19)13-27-20(30)28-17-6-8-29(9-7-17)18-4-3-16(14-25-18)21(22,23)24/h2-5,12,14,17H,6-11,13H2,1H3,(H2,27,28,30). The van der Waals surface area contributed by atoms with Gasteiger partial charge < -0.3 is 25.0 Å². The lowest BCUT2D eigenvalue weighted by atomic mass is 10.1. The van der Waals surface area contributed by atoms with E-state index in [2.05, 4.69) is 20.6 Å². The molecule has 0 aromatic carbocycles. The lowest BCUT2D eigenvalue weighted by Crippen LogP contribution is -2.48. The van der Waals surface area contributed by atoms with Crippen LogP contribution in [0.2, 0.25) is 0 Å². The average Bonchev–Trinajstić information content (AvgIpc) is 2.79. The molecule has 0 radical (unpaired) electrons. The lowest BCUT2D eigenvalue weighted by Gasteiger charge is -2.33. The van der Waals surface area contributed by atoms with E-state index in [1.807, 2.05) is 11.0 Å². The molecular formula is C21H26F3N5O3. The first-order chi connectivity index (χ1) is 15.3. The van der Waals surface area contributed by atoms with E-state index in [0.717, 1.165) is 17.8 Å². The number of hydrogen-bond acceptors (Lipinski definition) is 6. The van der Waals surface area contributed by atoms with Gasteiger partial charge in [0.05, 0.1) is 12.2 Å². The molecule has 11 heteroatoms. The molecule has 174 valence electrons. The Morgan fingerprint density at radius 2 is 1.91 bits per heavy atom. The van der Waals surface area contributed by atoms with Gasteiger partial charge in [0, 0.05) is 51.2 Å². The van der Waals surface area contributed by atoms with Crippen LogP contribution in [0.3, 0.4) is 0 Å². The second kappa shape index (κ2) is 11.0. The summed E-state index contributed by atoms with van der Waals surface area (Å²) in [6, 6.07) is 5.67. The normalized spacial score (nSPS) is 14.8. The van der Waals surface area contributed by atoms with Crippen molar-refractivity contribution in [2.24, 2.45) is 0 Å². The van der Waals surface area contributed by atoms with Crippen molar-refractivity contribution >= 4 is 11.8 Å². The van der Waals surface area contributed by atoms with Crippen LogP contribution in [-0.2, 0) is 17.5 Å². The zero-order valence-corrected chi connectivity index (χ0v) is 17.7. The van der Waals surface area contributed by atoms with Gasteiger partial charge in [-0.1, -0.05) is 6.07 Å². The molecule has 0 spiro atoms. The smallest absolute Gasteiger partial charge is 0.417 e. The van der Waals surface area contributed by atoms with Crippen LogP contribution in [0.4, 0.5) is 23.8 Å². The van der Waals surface area contributed by atoms with Crippen molar-refractivity contribution in [2.45, 2.75) is 31.6 Å². The molecule has 32 heavy (non-hydrogen) atoms. The van der Waals surface area contributed by atoms with Crippen LogP contribution >= 0.6 is 0 Å². The number of halogens is 3. The zero-order valence-electron chi connectivity index (χ0n) is 17.7. The first-order valence-corrected chi connectivity index (χ1v) is 10.2. The number of nitrogens with one attached hydrogen (secondary N) is 2. The molecule has 0 aliphatic carbocycles. The Kier molecular flexibility index (Phi) is 8.09. The topological polar surface area (TPSA) is 88.6 Å². The van der Waals surface area contributed by atoms with Crippen LogP contribution in [0, 0.1) is 0 Å². The van der Waals surface area contributed by atoms with Crippen LogP contribution in [0.15, 0.2) is 36.7 Å². The molecule has 2 amide bonds. The Bertz CT molecular complexity index is 854. The maximum absolute atomic E-state index is 12.7. The monoisotopic (exact) mass is 453 g/mol. The van der Waals surface area contributed by atoms with E-state index >= 15 is 0 Å². The fourth-order valence-corrected chi connectivity index (χ4v) is 3.24. The number of methoxy groups -OCH3 is 1. The van der Waals surface area contributed by atoms with Crippen molar-refractivity contribution in [3.63, 3.8) is 0 Å². The Morgan fingerprint density at radius 3 is 2.50 bits per heavy atom. The summed E-state index contributed by atoms with van der Waals surface area (Å²) >= 11 is 0. The Hall–Kier alpha value is -3.08. The van der Waals surface area contributed by atoms with Gasteiger partial charge >= 0.3 is 12.2 Å². The van der Waals surface area contributed by atoms with Gasteiger partial charge in [-0.2, -0.15) is 13.2 Å². The molecule has 1 aliphatic rings. The fourth-order valence-electron chi connectivity index (χ4n) is 3.24. The SMILES string of the molecule is COCCOc1ccc(CNC(=O)NC2CCN(c3ccc(C(F)(F)F)cn3)CC2)cn1. The number of urea groups is 1. The van der Waals surface area contributed by atoms with Crippen LogP contribution in [0.5, 0.6) is 5.88 Å². The second-order valence-electron chi connectivity index (χ2n) is 7.34. The third-order valence-corrected chi connectivity index (χ3v) is 5.02. The van der Waals surface area contributed by atoms with Crippen molar-refractivity contribution in [3.05, 3.63) is 47.8 Å². The predicted octanol–water partition coefficient (Wildman–Crippen LogP) is 2.99. The maximum Gasteiger partial charge on any atom is 0.417 e. The van der Waals surface area contributed by atoms with Gasteiger partial charge in [0.1, 0.15) is 12.4 Å². The van der Waals surface area contributed by atoms with E-state index in [9.17, 15) is 18.0 Å². The van der Waals surface area contributed by atoms with Crippen molar-refractivity contribution in [2.75, 3.05) is 38.3 Å². The summed E-state index contributed by atoms with van der Waals surface area (Å²) in [7, 11) is 1.59. The number of anilines is 1. The second-order valence-corrected chi connectivity index (χ2v) is 7.34. The van der Waals surface area contributed by atoms with E-state index in [1.54, 1.807) is 19.4 Å². The predicted molar refractivity (Wildman–Crippen MR) is 111 cm³/mol. The largest absolute Gasteiger partial charge is 0.475 e. The number of carbonyl (C=O) groups excluding carboxylic acids is 1. The molecule has 2 aromatic heterocycles. The molecule has 2 N–H and O–H groups in total. The van der Waals surface area contributed by atoms with Gasteiger partial charge in [-0.15, -0.1) is 0 Å². The number of ether oxygens (including phenoxy) is 2. The minimum absolute atomic E-state index is 0.0182. The molecule has 1 saturated heterocycles.